The van der Waals surface area contributed by atoms with Gasteiger partial charge in [-0.1, -0.05) is 61.5 Å². The van der Waals surface area contributed by atoms with Crippen LogP contribution < -0.4 is 4.90 Å². The van der Waals surface area contributed by atoms with Gasteiger partial charge < -0.3 is 19.8 Å². The SMILES string of the molecule is C=CCN(Cn1nnc2ccccc21)C(=O)C1N([C@@H](CO)CC(C)C)C(=O)[C@@H]2[C@@H](C(=O)N(CC=C)c3ccccc3)[C@H]3CCC12S3. The second-order valence-corrected chi connectivity index (χ2v) is 14.5. The number of aliphatic hydroxyl groups excluding tert-OH is 1. The predicted octanol–water partition coefficient (Wildman–Crippen LogP) is 4.12. The first-order chi connectivity index (χ1) is 22.2. The van der Waals surface area contributed by atoms with Gasteiger partial charge in [-0.05, 0) is 49.4 Å². The van der Waals surface area contributed by atoms with Crippen LogP contribution in [0.3, 0.4) is 0 Å². The summed E-state index contributed by atoms with van der Waals surface area (Å²) in [7, 11) is 0. The van der Waals surface area contributed by atoms with Gasteiger partial charge in [-0.2, -0.15) is 0 Å². The van der Waals surface area contributed by atoms with Crippen LogP contribution in [0.2, 0.25) is 0 Å². The number of carbonyl (C=O) groups excluding carboxylic acids is 3. The van der Waals surface area contributed by atoms with Crippen LogP contribution in [-0.4, -0.2) is 89.4 Å². The molecule has 0 radical (unpaired) electrons. The Bertz CT molecular complexity index is 1630. The van der Waals surface area contributed by atoms with Gasteiger partial charge >= 0.3 is 0 Å². The number of nitrogens with zero attached hydrogens (tertiary/aromatic N) is 6. The van der Waals surface area contributed by atoms with Crippen LogP contribution in [0.25, 0.3) is 11.0 Å². The highest BCUT2D eigenvalue weighted by atomic mass is 32.2. The third-order valence-electron chi connectivity index (χ3n) is 9.64. The topological polar surface area (TPSA) is 112 Å². The van der Waals surface area contributed by atoms with E-state index < -0.39 is 28.7 Å². The van der Waals surface area contributed by atoms with Gasteiger partial charge in [-0.3, -0.25) is 14.4 Å². The molecule has 3 fully saturated rings. The molecule has 242 valence electrons. The lowest BCUT2D eigenvalue weighted by atomic mass is 9.70. The fourth-order valence-electron chi connectivity index (χ4n) is 7.83. The van der Waals surface area contributed by atoms with Gasteiger partial charge in [0.2, 0.25) is 17.7 Å². The summed E-state index contributed by atoms with van der Waals surface area (Å²) in [6, 6.07) is 15.6. The first-order valence-electron chi connectivity index (χ1n) is 16.0. The van der Waals surface area contributed by atoms with Gasteiger partial charge in [0.1, 0.15) is 18.2 Å². The zero-order chi connectivity index (χ0) is 32.6. The fraction of sp³-hybridized carbons (Fsp3) is 0.457. The monoisotopic (exact) mass is 642 g/mol. The van der Waals surface area contributed by atoms with Crippen molar-refractivity contribution in [2.45, 2.75) is 61.9 Å². The summed E-state index contributed by atoms with van der Waals surface area (Å²) in [6.45, 7) is 12.3. The number of hydrogen-bond acceptors (Lipinski definition) is 7. The molecular weight excluding hydrogens is 600 g/mol. The first kappa shape index (κ1) is 32.0. The molecule has 3 aliphatic heterocycles. The highest BCUT2D eigenvalue weighted by Crippen LogP contribution is 2.67. The summed E-state index contributed by atoms with van der Waals surface area (Å²) in [4.78, 5) is 49.2. The van der Waals surface area contributed by atoms with Gasteiger partial charge in [0.05, 0.1) is 34.7 Å². The van der Waals surface area contributed by atoms with E-state index in [2.05, 4.69) is 23.5 Å². The minimum Gasteiger partial charge on any atom is -0.394 e. The van der Waals surface area contributed by atoms with Crippen molar-refractivity contribution < 1.29 is 19.5 Å². The van der Waals surface area contributed by atoms with E-state index in [1.807, 2.05) is 68.4 Å². The van der Waals surface area contributed by atoms with Crippen molar-refractivity contribution in [2.75, 3.05) is 24.6 Å². The molecular formula is C35H42N6O4S. The maximum atomic E-state index is 14.9. The lowest BCUT2D eigenvalue weighted by Crippen LogP contribution is -2.57. The summed E-state index contributed by atoms with van der Waals surface area (Å²) >= 11 is 1.63. The molecule has 6 atom stereocenters. The number of amides is 3. The van der Waals surface area contributed by atoms with Gasteiger partial charge in [-0.25, -0.2) is 4.68 Å². The highest BCUT2D eigenvalue weighted by Gasteiger charge is 2.74. The molecule has 0 aliphatic carbocycles. The Labute approximate surface area is 274 Å². The number of rotatable bonds is 13. The second-order valence-electron chi connectivity index (χ2n) is 12.9. The molecule has 3 amide bonds. The van der Waals surface area contributed by atoms with Crippen molar-refractivity contribution in [1.82, 2.24) is 24.8 Å². The number of thioether (sulfide) groups is 1. The number of carbonyl (C=O) groups is 3. The van der Waals surface area contributed by atoms with Gasteiger partial charge in [0, 0.05) is 24.0 Å². The molecule has 3 saturated heterocycles. The molecule has 2 aromatic carbocycles. The molecule has 1 aromatic heterocycles. The Morgan fingerprint density at radius 1 is 1.09 bits per heavy atom. The molecule has 10 nitrogen and oxygen atoms in total. The smallest absolute Gasteiger partial charge is 0.248 e. The van der Waals surface area contributed by atoms with Crippen molar-refractivity contribution >= 4 is 46.2 Å². The van der Waals surface area contributed by atoms with Crippen molar-refractivity contribution in [3.05, 3.63) is 79.9 Å². The van der Waals surface area contributed by atoms with E-state index in [0.29, 0.717) is 19.4 Å². The number of aliphatic hydroxyl groups is 1. The third-order valence-corrected chi connectivity index (χ3v) is 11.6. The Morgan fingerprint density at radius 3 is 2.50 bits per heavy atom. The van der Waals surface area contributed by atoms with Gasteiger partial charge in [0.25, 0.3) is 0 Å². The number of para-hydroxylation sites is 2. The number of anilines is 1. The van der Waals surface area contributed by atoms with E-state index in [-0.39, 0.29) is 48.7 Å². The van der Waals surface area contributed by atoms with Crippen molar-refractivity contribution in [3.63, 3.8) is 0 Å². The van der Waals surface area contributed by atoms with E-state index in [4.69, 9.17) is 0 Å². The maximum Gasteiger partial charge on any atom is 0.248 e. The number of aromatic nitrogens is 3. The minimum atomic E-state index is -0.854. The van der Waals surface area contributed by atoms with E-state index in [1.54, 1.807) is 43.3 Å². The van der Waals surface area contributed by atoms with Crippen LogP contribution >= 0.6 is 11.8 Å². The lowest BCUT2D eigenvalue weighted by molar-refractivity contribution is -0.146. The van der Waals surface area contributed by atoms with Crippen molar-refractivity contribution in [2.24, 2.45) is 17.8 Å². The summed E-state index contributed by atoms with van der Waals surface area (Å²) < 4.78 is 0.882. The van der Waals surface area contributed by atoms with Crippen LogP contribution in [0.4, 0.5) is 5.69 Å². The van der Waals surface area contributed by atoms with Crippen molar-refractivity contribution in [3.8, 4) is 0 Å². The number of benzene rings is 2. The molecule has 3 aromatic rings. The standard InChI is InChI=1S/C35H42N6O4S/c1-5-18-38(22-40-27-15-11-10-14-26(27)36-37-40)34(45)31-35-17-16-28(46-35)29(30(35)33(44)41(31)25(21-42)20-23(3)4)32(43)39(19-6-2)24-12-8-7-9-13-24/h5-15,23,25,28-31,42H,1-2,16-22H2,3-4H3/t25-,28-,29+,30+,31?,35?/m1/s1. The Morgan fingerprint density at radius 2 is 1.80 bits per heavy atom. The van der Waals surface area contributed by atoms with Crippen LogP contribution in [0.5, 0.6) is 0 Å². The molecule has 1 N–H and O–H groups in total. The molecule has 46 heavy (non-hydrogen) atoms. The normalized spacial score (nSPS) is 25.6. The lowest BCUT2D eigenvalue weighted by Gasteiger charge is -2.40. The number of likely N-dealkylation sites (tertiary alicyclic amines) is 1. The van der Waals surface area contributed by atoms with E-state index in [1.165, 1.54) is 0 Å². The Hall–Kier alpha value is -3.96. The number of hydrogen-bond donors (Lipinski definition) is 1. The van der Waals surface area contributed by atoms with Crippen LogP contribution in [-0.2, 0) is 21.1 Å². The molecule has 0 saturated carbocycles. The summed E-state index contributed by atoms with van der Waals surface area (Å²) in [6.07, 6.45) is 5.26. The van der Waals surface area contributed by atoms with Crippen LogP contribution in [0.1, 0.15) is 33.1 Å². The average molecular weight is 643 g/mol. The summed E-state index contributed by atoms with van der Waals surface area (Å²) in [5, 5.41) is 19.2. The molecule has 1 spiro atoms. The van der Waals surface area contributed by atoms with Gasteiger partial charge in [0.15, 0.2) is 0 Å². The summed E-state index contributed by atoms with van der Waals surface area (Å²) in [5.41, 5.74) is 2.25. The second kappa shape index (κ2) is 13.0. The molecule has 3 aliphatic rings. The Kier molecular flexibility index (Phi) is 9.07. The zero-order valence-electron chi connectivity index (χ0n) is 26.4. The maximum absolute atomic E-state index is 14.9. The first-order valence-corrected chi connectivity index (χ1v) is 16.9. The predicted molar refractivity (Wildman–Crippen MR) is 180 cm³/mol. The minimum absolute atomic E-state index is 0.0975. The van der Waals surface area contributed by atoms with Crippen LogP contribution in [0.15, 0.2) is 79.9 Å². The van der Waals surface area contributed by atoms with Crippen molar-refractivity contribution in [1.29, 1.82) is 0 Å². The molecule has 2 unspecified atom stereocenters. The quantitative estimate of drug-likeness (QED) is 0.279. The third kappa shape index (κ3) is 5.33. The number of fused-ring (bicyclic) bond motifs is 2. The van der Waals surface area contributed by atoms with Gasteiger partial charge in [-0.15, -0.1) is 30.0 Å². The zero-order valence-corrected chi connectivity index (χ0v) is 27.3. The molecule has 6 rings (SSSR count). The van der Waals surface area contributed by atoms with E-state index in [9.17, 15) is 19.5 Å². The van der Waals surface area contributed by atoms with Crippen LogP contribution in [0, 0.1) is 17.8 Å². The molecule has 2 bridgehead atoms. The largest absolute Gasteiger partial charge is 0.394 e. The summed E-state index contributed by atoms with van der Waals surface area (Å²) in [5.74, 6) is -1.69. The highest BCUT2D eigenvalue weighted by molar-refractivity contribution is 8.02. The van der Waals surface area contributed by atoms with E-state index in [0.717, 1.165) is 23.1 Å². The fourth-order valence-corrected chi connectivity index (χ4v) is 10.0. The Balaban J connectivity index is 1.41. The van der Waals surface area contributed by atoms with E-state index >= 15 is 0 Å². The average Bonchev–Trinajstić information content (AvgIpc) is 3.81. The molecule has 4 heterocycles. The molecule has 11 heteroatoms.